The summed E-state index contributed by atoms with van der Waals surface area (Å²) in [6.07, 6.45) is 0.322. The Morgan fingerprint density at radius 1 is 1.12 bits per heavy atom. The predicted molar refractivity (Wildman–Crippen MR) is 102 cm³/mol. The molecule has 0 spiro atoms. The molecule has 0 atom stereocenters. The van der Waals surface area contributed by atoms with Gasteiger partial charge in [-0.1, -0.05) is 49.7 Å². The number of aryl methyl sites for hydroxylation is 1. The lowest BCUT2D eigenvalue weighted by Gasteiger charge is -2.11. The van der Waals surface area contributed by atoms with Crippen molar-refractivity contribution in [3.8, 4) is 0 Å². The topological polar surface area (TPSA) is 62.0 Å². The van der Waals surface area contributed by atoms with Crippen LogP contribution in [0.5, 0.6) is 0 Å². The number of rotatable bonds is 4. The van der Waals surface area contributed by atoms with Crippen LogP contribution in [-0.2, 0) is 11.2 Å². The summed E-state index contributed by atoms with van der Waals surface area (Å²) in [7, 11) is 0. The van der Waals surface area contributed by atoms with Crippen LogP contribution in [0.25, 0.3) is 10.9 Å². The first-order valence-electron chi connectivity index (χ1n) is 8.45. The number of pyridine rings is 1. The van der Waals surface area contributed by atoms with Crippen LogP contribution in [0.4, 0.5) is 5.69 Å². The fourth-order valence-corrected chi connectivity index (χ4v) is 3.06. The first kappa shape index (κ1) is 17.0. The summed E-state index contributed by atoms with van der Waals surface area (Å²) in [5.41, 5.74) is 4.42. The van der Waals surface area contributed by atoms with Gasteiger partial charge >= 0.3 is 0 Å². The van der Waals surface area contributed by atoms with E-state index in [1.54, 1.807) is 6.07 Å². The Balaban J connectivity index is 1.84. The smallest absolute Gasteiger partial charge is 0.248 e. The average Bonchev–Trinajstić information content (AvgIpc) is 2.53. The zero-order valence-corrected chi connectivity index (χ0v) is 14.7. The van der Waals surface area contributed by atoms with Gasteiger partial charge in [0.25, 0.3) is 0 Å². The maximum absolute atomic E-state index is 12.3. The van der Waals surface area contributed by atoms with Gasteiger partial charge in [-0.25, -0.2) is 0 Å². The molecule has 0 unspecified atom stereocenters. The Kier molecular flexibility index (Phi) is 4.70. The lowest BCUT2D eigenvalue weighted by Crippen LogP contribution is -2.15. The summed E-state index contributed by atoms with van der Waals surface area (Å²) in [6, 6.07) is 15.2. The number of carbonyl (C=O) groups is 1. The molecule has 4 nitrogen and oxygen atoms in total. The van der Waals surface area contributed by atoms with Crippen molar-refractivity contribution in [1.82, 2.24) is 4.98 Å². The lowest BCUT2D eigenvalue weighted by molar-refractivity contribution is -0.115. The normalized spacial score (nSPS) is 11.0. The van der Waals surface area contributed by atoms with Gasteiger partial charge in [0, 0.05) is 17.1 Å². The molecule has 1 amide bonds. The second-order valence-corrected chi connectivity index (χ2v) is 6.72. The summed E-state index contributed by atoms with van der Waals surface area (Å²) in [6.45, 7) is 6.13. The van der Waals surface area contributed by atoms with Gasteiger partial charge in [0.15, 0.2) is 0 Å². The van der Waals surface area contributed by atoms with Crippen LogP contribution in [0, 0.1) is 6.92 Å². The number of benzene rings is 2. The lowest BCUT2D eigenvalue weighted by atomic mass is 9.99. The second kappa shape index (κ2) is 6.93. The van der Waals surface area contributed by atoms with Gasteiger partial charge in [0.05, 0.1) is 11.9 Å². The van der Waals surface area contributed by atoms with Crippen LogP contribution in [0.3, 0.4) is 0 Å². The van der Waals surface area contributed by atoms with Gasteiger partial charge in [-0.05, 0) is 36.1 Å². The Labute approximate surface area is 146 Å². The van der Waals surface area contributed by atoms with Crippen molar-refractivity contribution in [2.24, 2.45) is 0 Å². The zero-order chi connectivity index (χ0) is 18.0. The number of aromatic amines is 1. The fraction of sp³-hybridized carbons (Fsp3) is 0.238. The Morgan fingerprint density at radius 2 is 1.92 bits per heavy atom. The number of carbonyl (C=O) groups excluding carboxylic acids is 1. The SMILES string of the molecule is Cc1cccc(CC(=O)Nc2ccc3c(C(C)C)cc(=O)[nH]c3c2)c1. The Hall–Kier alpha value is -2.88. The van der Waals surface area contributed by atoms with Gasteiger partial charge in [-0.3, -0.25) is 9.59 Å². The third-order valence-electron chi connectivity index (χ3n) is 4.23. The number of hydrogen-bond acceptors (Lipinski definition) is 2. The van der Waals surface area contributed by atoms with Crippen LogP contribution in [-0.4, -0.2) is 10.9 Å². The molecule has 2 N–H and O–H groups in total. The van der Waals surface area contributed by atoms with E-state index in [1.807, 2.05) is 49.4 Å². The number of aromatic nitrogens is 1. The van der Waals surface area contributed by atoms with Gasteiger partial charge in [-0.15, -0.1) is 0 Å². The highest BCUT2D eigenvalue weighted by atomic mass is 16.1. The summed E-state index contributed by atoms with van der Waals surface area (Å²) in [5.74, 6) is 0.180. The number of hydrogen-bond donors (Lipinski definition) is 2. The van der Waals surface area contributed by atoms with Crippen LogP contribution in [0.15, 0.2) is 53.3 Å². The van der Waals surface area contributed by atoms with Gasteiger partial charge in [0.1, 0.15) is 0 Å². The molecule has 3 rings (SSSR count). The highest BCUT2D eigenvalue weighted by molar-refractivity contribution is 5.95. The van der Waals surface area contributed by atoms with Crippen molar-refractivity contribution in [1.29, 1.82) is 0 Å². The van der Waals surface area contributed by atoms with E-state index in [2.05, 4.69) is 24.1 Å². The minimum absolute atomic E-state index is 0.0766. The number of H-pyrrole nitrogens is 1. The third kappa shape index (κ3) is 3.97. The van der Waals surface area contributed by atoms with Crippen LogP contribution in [0.2, 0.25) is 0 Å². The quantitative estimate of drug-likeness (QED) is 0.753. The summed E-state index contributed by atoms with van der Waals surface area (Å²) in [5, 5.41) is 3.91. The molecule has 3 aromatic rings. The van der Waals surface area contributed by atoms with E-state index in [0.717, 1.165) is 27.6 Å². The molecule has 2 aromatic carbocycles. The van der Waals surface area contributed by atoms with E-state index in [4.69, 9.17) is 0 Å². The first-order valence-corrected chi connectivity index (χ1v) is 8.45. The minimum Gasteiger partial charge on any atom is -0.326 e. The highest BCUT2D eigenvalue weighted by Gasteiger charge is 2.09. The molecule has 0 aliphatic heterocycles. The molecule has 0 saturated carbocycles. The standard InChI is InChI=1S/C21H22N2O2/c1-13(2)18-12-21(25)23-19-11-16(7-8-17(18)19)22-20(24)10-15-6-4-5-14(3)9-15/h4-9,11-13H,10H2,1-3H3,(H,22,24)(H,23,25). The monoisotopic (exact) mass is 334 g/mol. The van der Waals surface area contributed by atoms with E-state index in [9.17, 15) is 9.59 Å². The Bertz CT molecular complexity index is 987. The number of nitrogens with one attached hydrogen (secondary N) is 2. The first-order chi connectivity index (χ1) is 11.9. The molecule has 0 radical (unpaired) electrons. The van der Waals surface area contributed by atoms with E-state index < -0.39 is 0 Å². The maximum atomic E-state index is 12.3. The number of anilines is 1. The fourth-order valence-electron chi connectivity index (χ4n) is 3.06. The molecule has 1 aromatic heterocycles. The molecule has 128 valence electrons. The molecule has 0 aliphatic rings. The summed E-state index contributed by atoms with van der Waals surface area (Å²) < 4.78 is 0. The van der Waals surface area contributed by atoms with Crippen LogP contribution < -0.4 is 10.9 Å². The van der Waals surface area contributed by atoms with Gasteiger partial charge < -0.3 is 10.3 Å². The molecule has 1 heterocycles. The molecule has 0 aliphatic carbocycles. The highest BCUT2D eigenvalue weighted by Crippen LogP contribution is 2.25. The van der Waals surface area contributed by atoms with Crippen LogP contribution in [0.1, 0.15) is 36.5 Å². The average molecular weight is 334 g/mol. The van der Waals surface area contributed by atoms with E-state index in [-0.39, 0.29) is 17.4 Å². The van der Waals surface area contributed by atoms with E-state index in [1.165, 1.54) is 0 Å². The molecule has 4 heteroatoms. The number of amides is 1. The maximum Gasteiger partial charge on any atom is 0.248 e. The van der Waals surface area contributed by atoms with Crippen molar-refractivity contribution in [3.05, 3.63) is 75.6 Å². The van der Waals surface area contributed by atoms with Crippen molar-refractivity contribution in [3.63, 3.8) is 0 Å². The molecule has 0 saturated heterocycles. The van der Waals surface area contributed by atoms with E-state index >= 15 is 0 Å². The number of fused-ring (bicyclic) bond motifs is 1. The van der Waals surface area contributed by atoms with Crippen molar-refractivity contribution < 1.29 is 4.79 Å². The summed E-state index contributed by atoms with van der Waals surface area (Å²) in [4.78, 5) is 27.0. The largest absolute Gasteiger partial charge is 0.326 e. The minimum atomic E-state index is -0.126. The van der Waals surface area contributed by atoms with Crippen molar-refractivity contribution in [2.75, 3.05) is 5.32 Å². The molecule has 0 fully saturated rings. The van der Waals surface area contributed by atoms with Crippen molar-refractivity contribution >= 4 is 22.5 Å². The summed E-state index contributed by atoms with van der Waals surface area (Å²) >= 11 is 0. The van der Waals surface area contributed by atoms with Crippen LogP contribution >= 0.6 is 0 Å². The molecule has 0 bridgehead atoms. The molecule has 25 heavy (non-hydrogen) atoms. The van der Waals surface area contributed by atoms with Gasteiger partial charge in [-0.2, -0.15) is 0 Å². The van der Waals surface area contributed by atoms with Crippen molar-refractivity contribution in [2.45, 2.75) is 33.1 Å². The molecular formula is C21H22N2O2. The zero-order valence-electron chi connectivity index (χ0n) is 14.7. The molecular weight excluding hydrogens is 312 g/mol. The Morgan fingerprint density at radius 3 is 2.64 bits per heavy atom. The van der Waals surface area contributed by atoms with Gasteiger partial charge in [0.2, 0.25) is 11.5 Å². The predicted octanol–water partition coefficient (Wildman–Crippen LogP) is 4.14. The second-order valence-electron chi connectivity index (χ2n) is 6.72. The third-order valence-corrected chi connectivity index (χ3v) is 4.23. The van der Waals surface area contributed by atoms with E-state index in [0.29, 0.717) is 12.1 Å².